The first-order chi connectivity index (χ1) is 13.7. The summed E-state index contributed by atoms with van der Waals surface area (Å²) in [6.07, 6.45) is 0.869. The maximum atomic E-state index is 6.05. The van der Waals surface area contributed by atoms with E-state index in [0.717, 1.165) is 34.8 Å². The van der Waals surface area contributed by atoms with E-state index in [9.17, 15) is 0 Å². The number of aryl methyl sites for hydroxylation is 1. The Morgan fingerprint density at radius 3 is 2.79 bits per heavy atom. The van der Waals surface area contributed by atoms with Gasteiger partial charge in [0, 0.05) is 23.7 Å². The number of guanidine groups is 1. The normalized spacial score (nSPS) is 13.3. The molecule has 0 atom stereocenters. The van der Waals surface area contributed by atoms with Crippen molar-refractivity contribution in [3.05, 3.63) is 53.9 Å². The number of anilines is 1. The molecule has 0 unspecified atom stereocenters. The first-order valence-corrected chi connectivity index (χ1v) is 9.12. The molecule has 0 fully saturated rings. The zero-order valence-electron chi connectivity index (χ0n) is 16.0. The van der Waals surface area contributed by atoms with E-state index in [2.05, 4.69) is 25.5 Å². The van der Waals surface area contributed by atoms with Crippen molar-refractivity contribution in [3.8, 4) is 22.9 Å². The minimum Gasteiger partial charge on any atom is -0.490 e. The summed E-state index contributed by atoms with van der Waals surface area (Å²) < 4.78 is 11.3. The summed E-state index contributed by atoms with van der Waals surface area (Å²) in [6, 6.07) is 13.6. The zero-order valence-corrected chi connectivity index (χ0v) is 18.3. The summed E-state index contributed by atoms with van der Waals surface area (Å²) in [5, 5.41) is 10.1. The van der Waals surface area contributed by atoms with E-state index >= 15 is 0 Å². The molecule has 0 spiro atoms. The number of aliphatic imine (C=N–C) groups is 1. The van der Waals surface area contributed by atoms with Crippen molar-refractivity contribution < 1.29 is 9.47 Å². The molecule has 4 rings (SSSR count). The Bertz CT molecular complexity index is 1000. The summed E-state index contributed by atoms with van der Waals surface area (Å²) in [4.78, 5) is 8.78. The van der Waals surface area contributed by atoms with Gasteiger partial charge in [-0.25, -0.2) is 9.98 Å². The Kier molecular flexibility index (Phi) is 6.91. The molecule has 152 valence electrons. The highest BCUT2D eigenvalue weighted by molar-refractivity contribution is 14.0. The van der Waals surface area contributed by atoms with Gasteiger partial charge in [0.25, 0.3) is 0 Å². The molecule has 1 aromatic heterocycles. The molecule has 2 heterocycles. The van der Waals surface area contributed by atoms with Crippen molar-refractivity contribution in [1.82, 2.24) is 15.2 Å². The van der Waals surface area contributed by atoms with Crippen LogP contribution in [-0.4, -0.2) is 34.4 Å². The molecule has 8 nitrogen and oxygen atoms in total. The summed E-state index contributed by atoms with van der Waals surface area (Å²) in [5.74, 6) is 3.24. The van der Waals surface area contributed by atoms with Gasteiger partial charge in [0.05, 0.1) is 19.8 Å². The number of H-pyrrole nitrogens is 1. The lowest BCUT2D eigenvalue weighted by molar-refractivity contribution is 0.297. The van der Waals surface area contributed by atoms with Crippen LogP contribution >= 0.6 is 24.0 Å². The molecule has 0 saturated carbocycles. The highest BCUT2D eigenvalue weighted by Gasteiger charge is 2.11. The average Bonchev–Trinajstić information content (AvgIpc) is 3.00. The number of benzene rings is 2. The first-order valence-electron chi connectivity index (χ1n) is 9.12. The molecule has 0 amide bonds. The fourth-order valence-electron chi connectivity index (χ4n) is 2.89. The number of fused-ring (bicyclic) bond motifs is 1. The summed E-state index contributed by atoms with van der Waals surface area (Å²) in [5.41, 5.74) is 8.81. The van der Waals surface area contributed by atoms with Gasteiger partial charge < -0.3 is 20.5 Å². The smallest absolute Gasteiger partial charge is 0.193 e. The van der Waals surface area contributed by atoms with Crippen LogP contribution in [0.15, 0.2) is 47.5 Å². The second-order valence-corrected chi connectivity index (χ2v) is 6.48. The molecule has 4 N–H and O–H groups in total. The fraction of sp³-hybridized carbons (Fsp3) is 0.250. The molecule has 2 aromatic carbocycles. The molecule has 0 aliphatic carbocycles. The van der Waals surface area contributed by atoms with Crippen molar-refractivity contribution in [2.75, 3.05) is 18.5 Å². The molecule has 0 radical (unpaired) electrons. The molecule has 29 heavy (non-hydrogen) atoms. The van der Waals surface area contributed by atoms with E-state index in [4.69, 9.17) is 15.2 Å². The van der Waals surface area contributed by atoms with E-state index in [0.29, 0.717) is 37.3 Å². The molecular weight excluding hydrogens is 483 g/mol. The number of aromatic nitrogens is 3. The molecule has 1 aliphatic heterocycles. The van der Waals surface area contributed by atoms with Gasteiger partial charge in [0.2, 0.25) is 0 Å². The van der Waals surface area contributed by atoms with Crippen LogP contribution in [0.2, 0.25) is 0 Å². The Labute approximate surface area is 186 Å². The summed E-state index contributed by atoms with van der Waals surface area (Å²) >= 11 is 0. The lowest BCUT2D eigenvalue weighted by Gasteiger charge is -2.10. The van der Waals surface area contributed by atoms with Crippen LogP contribution in [-0.2, 0) is 6.54 Å². The van der Waals surface area contributed by atoms with E-state index < -0.39 is 0 Å². The van der Waals surface area contributed by atoms with E-state index in [1.54, 1.807) is 0 Å². The van der Waals surface area contributed by atoms with Gasteiger partial charge in [0.1, 0.15) is 5.82 Å². The zero-order chi connectivity index (χ0) is 19.3. The number of rotatable bonds is 4. The second-order valence-electron chi connectivity index (χ2n) is 6.48. The number of ether oxygens (including phenoxy) is 2. The third-order valence-electron chi connectivity index (χ3n) is 4.23. The SMILES string of the molecule is Cc1nc(-c2cccc(CN=C(N)Nc3ccc4c(c3)OCCCO4)c2)n[nH]1.I. The van der Waals surface area contributed by atoms with Crippen LogP contribution < -0.4 is 20.5 Å². The number of aromatic amines is 1. The van der Waals surface area contributed by atoms with Gasteiger partial charge in [-0.3, -0.25) is 5.10 Å². The highest BCUT2D eigenvalue weighted by Crippen LogP contribution is 2.32. The summed E-state index contributed by atoms with van der Waals surface area (Å²) in [6.45, 7) is 3.62. The predicted octanol–water partition coefficient (Wildman–Crippen LogP) is 3.49. The van der Waals surface area contributed by atoms with Gasteiger partial charge in [-0.1, -0.05) is 18.2 Å². The van der Waals surface area contributed by atoms with Crippen molar-refractivity contribution in [1.29, 1.82) is 0 Å². The largest absolute Gasteiger partial charge is 0.490 e. The van der Waals surface area contributed by atoms with Crippen LogP contribution in [0.1, 0.15) is 17.8 Å². The first kappa shape index (κ1) is 20.9. The molecular formula is C20H23IN6O2. The summed E-state index contributed by atoms with van der Waals surface area (Å²) in [7, 11) is 0. The fourth-order valence-corrected chi connectivity index (χ4v) is 2.89. The second kappa shape index (κ2) is 9.59. The highest BCUT2D eigenvalue weighted by atomic mass is 127. The van der Waals surface area contributed by atoms with Gasteiger partial charge in [-0.2, -0.15) is 5.10 Å². The van der Waals surface area contributed by atoms with Crippen molar-refractivity contribution in [2.45, 2.75) is 19.9 Å². The molecule has 3 aromatic rings. The topological polar surface area (TPSA) is 110 Å². The molecule has 9 heteroatoms. The number of nitrogens with zero attached hydrogens (tertiary/aromatic N) is 3. The van der Waals surface area contributed by atoms with Crippen LogP contribution in [0.25, 0.3) is 11.4 Å². The van der Waals surface area contributed by atoms with Gasteiger partial charge in [-0.05, 0) is 30.7 Å². The van der Waals surface area contributed by atoms with Crippen LogP contribution in [0, 0.1) is 6.92 Å². The minimum absolute atomic E-state index is 0. The van der Waals surface area contributed by atoms with Gasteiger partial charge >= 0.3 is 0 Å². The predicted molar refractivity (Wildman–Crippen MR) is 123 cm³/mol. The Morgan fingerprint density at radius 1 is 1.17 bits per heavy atom. The molecule has 1 aliphatic rings. The average molecular weight is 506 g/mol. The Hall–Kier alpha value is -2.82. The van der Waals surface area contributed by atoms with Crippen molar-refractivity contribution in [2.24, 2.45) is 10.7 Å². The standard InChI is InChI=1S/C20H22N6O2.HI/c1-13-23-19(26-25-13)15-5-2-4-14(10-15)12-22-20(21)24-16-6-7-17-18(11-16)28-9-3-8-27-17;/h2,4-7,10-11H,3,8-9,12H2,1H3,(H3,21,22,24)(H,23,25,26);1H. The third kappa shape index (κ3) is 5.37. The van der Waals surface area contributed by atoms with Crippen LogP contribution in [0.5, 0.6) is 11.5 Å². The van der Waals surface area contributed by atoms with Crippen LogP contribution in [0.3, 0.4) is 0 Å². The van der Waals surface area contributed by atoms with E-state index in [1.807, 2.05) is 49.4 Å². The number of hydrogen-bond acceptors (Lipinski definition) is 5. The maximum absolute atomic E-state index is 6.05. The van der Waals surface area contributed by atoms with Crippen molar-refractivity contribution >= 4 is 35.6 Å². The third-order valence-corrected chi connectivity index (χ3v) is 4.23. The number of halogens is 1. The molecule has 0 saturated heterocycles. The van der Waals surface area contributed by atoms with E-state index in [-0.39, 0.29) is 24.0 Å². The lowest BCUT2D eigenvalue weighted by atomic mass is 10.1. The van der Waals surface area contributed by atoms with Crippen molar-refractivity contribution in [3.63, 3.8) is 0 Å². The minimum atomic E-state index is 0. The number of hydrogen-bond donors (Lipinski definition) is 3. The Morgan fingerprint density at radius 2 is 2.00 bits per heavy atom. The van der Waals surface area contributed by atoms with Gasteiger partial charge in [0.15, 0.2) is 23.3 Å². The molecule has 0 bridgehead atoms. The number of nitrogens with two attached hydrogens (primary N) is 1. The van der Waals surface area contributed by atoms with Crippen LogP contribution in [0.4, 0.5) is 5.69 Å². The number of nitrogens with one attached hydrogen (secondary N) is 2. The monoisotopic (exact) mass is 506 g/mol. The maximum Gasteiger partial charge on any atom is 0.193 e. The van der Waals surface area contributed by atoms with Gasteiger partial charge in [-0.15, -0.1) is 24.0 Å². The quantitative estimate of drug-likeness (QED) is 0.284. The van der Waals surface area contributed by atoms with E-state index in [1.165, 1.54) is 0 Å². The Balaban J connectivity index is 0.00000240. The lowest BCUT2D eigenvalue weighted by Crippen LogP contribution is -2.22.